The van der Waals surface area contributed by atoms with Crippen molar-refractivity contribution in [3.8, 4) is 0 Å². The van der Waals surface area contributed by atoms with Crippen molar-refractivity contribution in [1.82, 2.24) is 0 Å². The first-order valence-electron chi connectivity index (χ1n) is 5.14. The molecular formula is C10H12N2O5S. The third-order valence-corrected chi connectivity index (χ3v) is 3.62. The van der Waals surface area contributed by atoms with Gasteiger partial charge in [-0.25, -0.2) is 0 Å². The van der Waals surface area contributed by atoms with E-state index in [9.17, 15) is 18.3 Å². The summed E-state index contributed by atoms with van der Waals surface area (Å²) in [6.45, 7) is 0.142. The van der Waals surface area contributed by atoms with Crippen LogP contribution in [-0.4, -0.2) is 36.6 Å². The number of amides is 1. The summed E-state index contributed by atoms with van der Waals surface area (Å²) in [7, 11) is -4.38. The molecule has 8 heteroatoms. The van der Waals surface area contributed by atoms with Crippen LogP contribution in [-0.2, 0) is 14.9 Å². The fraction of sp³-hybridized carbons (Fsp3) is 0.300. The first-order valence-corrected chi connectivity index (χ1v) is 6.58. The summed E-state index contributed by atoms with van der Waals surface area (Å²) in [6.07, 6.45) is -0.708. The van der Waals surface area contributed by atoms with Crippen molar-refractivity contribution in [3.63, 3.8) is 0 Å². The Morgan fingerprint density at radius 2 is 2.06 bits per heavy atom. The van der Waals surface area contributed by atoms with Crippen molar-refractivity contribution >= 4 is 27.4 Å². The lowest BCUT2D eigenvalue weighted by molar-refractivity contribution is -0.117. The number of carbonyl (C=O) groups is 1. The van der Waals surface area contributed by atoms with Crippen molar-refractivity contribution < 1.29 is 22.9 Å². The molecule has 0 bridgehead atoms. The quantitative estimate of drug-likeness (QED) is 0.498. The number of nitrogens with two attached hydrogens (primary N) is 1. The lowest BCUT2D eigenvalue weighted by atomic mass is 10.2. The number of aliphatic hydroxyl groups is 1. The molecular weight excluding hydrogens is 260 g/mol. The number of anilines is 2. The van der Waals surface area contributed by atoms with Gasteiger partial charge in [-0.15, -0.1) is 0 Å². The smallest absolute Gasteiger partial charge is 0.296 e. The minimum absolute atomic E-state index is 0.0277. The molecule has 18 heavy (non-hydrogen) atoms. The van der Waals surface area contributed by atoms with Crippen molar-refractivity contribution in [1.29, 1.82) is 0 Å². The van der Waals surface area contributed by atoms with E-state index in [4.69, 9.17) is 10.3 Å². The highest BCUT2D eigenvalue weighted by molar-refractivity contribution is 7.86. The van der Waals surface area contributed by atoms with E-state index < -0.39 is 21.1 Å². The Bertz CT molecular complexity index is 598. The monoisotopic (exact) mass is 272 g/mol. The highest BCUT2D eigenvalue weighted by Gasteiger charge is 2.29. The van der Waals surface area contributed by atoms with Crippen LogP contribution in [0.2, 0.25) is 0 Å². The van der Waals surface area contributed by atoms with Gasteiger partial charge in [-0.1, -0.05) is 0 Å². The van der Waals surface area contributed by atoms with Gasteiger partial charge in [-0.2, -0.15) is 8.42 Å². The lowest BCUT2D eigenvalue weighted by Crippen LogP contribution is -2.25. The second-order valence-corrected chi connectivity index (χ2v) is 5.45. The predicted molar refractivity (Wildman–Crippen MR) is 63.6 cm³/mol. The van der Waals surface area contributed by atoms with E-state index in [1.54, 1.807) is 0 Å². The molecule has 0 aromatic heterocycles. The average Bonchev–Trinajstić information content (AvgIpc) is 2.55. The maximum atomic E-state index is 11.5. The van der Waals surface area contributed by atoms with E-state index in [1.165, 1.54) is 17.0 Å². The van der Waals surface area contributed by atoms with Gasteiger partial charge < -0.3 is 15.7 Å². The minimum Gasteiger partial charge on any atom is -0.398 e. The minimum atomic E-state index is -4.38. The average molecular weight is 272 g/mol. The summed E-state index contributed by atoms with van der Waals surface area (Å²) >= 11 is 0. The number of rotatable bonds is 2. The first-order chi connectivity index (χ1) is 8.29. The van der Waals surface area contributed by atoms with Gasteiger partial charge in [0.05, 0.1) is 24.8 Å². The van der Waals surface area contributed by atoms with Gasteiger partial charge in [-0.05, 0) is 18.2 Å². The molecule has 1 aromatic rings. The van der Waals surface area contributed by atoms with Crippen LogP contribution >= 0.6 is 0 Å². The van der Waals surface area contributed by atoms with Gasteiger partial charge in [0, 0.05) is 5.69 Å². The maximum Gasteiger partial charge on any atom is 0.296 e. The van der Waals surface area contributed by atoms with Crippen LogP contribution in [0.1, 0.15) is 6.42 Å². The molecule has 2 rings (SSSR count). The molecule has 1 aliphatic rings. The van der Waals surface area contributed by atoms with Crippen LogP contribution < -0.4 is 10.6 Å². The summed E-state index contributed by atoms with van der Waals surface area (Å²) < 4.78 is 30.8. The second kappa shape index (κ2) is 4.23. The van der Waals surface area contributed by atoms with Crippen LogP contribution in [0.25, 0.3) is 0 Å². The van der Waals surface area contributed by atoms with Crippen LogP contribution in [0.4, 0.5) is 11.4 Å². The van der Waals surface area contributed by atoms with Gasteiger partial charge in [0.25, 0.3) is 10.1 Å². The molecule has 1 aromatic carbocycles. The van der Waals surface area contributed by atoms with Crippen LogP contribution in [0, 0.1) is 0 Å². The van der Waals surface area contributed by atoms with Crippen molar-refractivity contribution in [3.05, 3.63) is 18.2 Å². The number of carbonyl (C=O) groups excluding carboxylic acids is 1. The Morgan fingerprint density at radius 1 is 1.39 bits per heavy atom. The number of β-amino-alcohol motifs (C(OH)–C–C–N with tert-alkyl or cyclic N) is 1. The SMILES string of the molecule is Nc1cc(N2CC(O)CC2=O)ccc1S(=O)(=O)O. The van der Waals surface area contributed by atoms with Gasteiger partial charge >= 0.3 is 0 Å². The maximum absolute atomic E-state index is 11.5. The summed E-state index contributed by atoms with van der Waals surface area (Å²) in [5.74, 6) is -0.262. The molecule has 7 nitrogen and oxygen atoms in total. The molecule has 0 saturated carbocycles. The number of nitrogens with zero attached hydrogens (tertiary/aromatic N) is 1. The van der Waals surface area contributed by atoms with Gasteiger partial charge in [0.15, 0.2) is 0 Å². The molecule has 1 aliphatic heterocycles. The van der Waals surface area contributed by atoms with Gasteiger partial charge in [0.1, 0.15) is 4.90 Å². The molecule has 4 N–H and O–H groups in total. The van der Waals surface area contributed by atoms with Crippen LogP contribution in [0.15, 0.2) is 23.1 Å². The molecule has 0 radical (unpaired) electrons. The number of aliphatic hydroxyl groups excluding tert-OH is 1. The highest BCUT2D eigenvalue weighted by atomic mass is 32.2. The summed E-state index contributed by atoms with van der Waals surface area (Å²) in [6, 6.07) is 3.76. The topological polar surface area (TPSA) is 121 Å². The number of benzene rings is 1. The number of hydrogen-bond donors (Lipinski definition) is 3. The zero-order valence-corrected chi connectivity index (χ0v) is 10.1. The predicted octanol–water partition coefficient (Wildman–Crippen LogP) is -0.387. The Labute approximate surface area is 104 Å². The molecule has 0 spiro atoms. The van der Waals surface area contributed by atoms with Crippen molar-refractivity contribution in [2.24, 2.45) is 0 Å². The molecule has 1 heterocycles. The fourth-order valence-corrected chi connectivity index (χ4v) is 2.47. The number of hydrogen-bond acceptors (Lipinski definition) is 5. The molecule has 1 fully saturated rings. The molecule has 1 atom stereocenters. The third-order valence-electron chi connectivity index (χ3n) is 2.69. The molecule has 1 amide bonds. The Balaban J connectivity index is 2.38. The first kappa shape index (κ1) is 12.8. The van der Waals surface area contributed by atoms with E-state index in [0.717, 1.165) is 6.07 Å². The van der Waals surface area contributed by atoms with E-state index in [1.807, 2.05) is 0 Å². The third kappa shape index (κ3) is 2.30. The summed E-state index contributed by atoms with van der Waals surface area (Å²) in [5, 5.41) is 9.35. The van der Waals surface area contributed by atoms with E-state index in [0.29, 0.717) is 5.69 Å². The molecule has 98 valence electrons. The Kier molecular flexibility index (Phi) is 3.01. The summed E-state index contributed by atoms with van der Waals surface area (Å²) in [4.78, 5) is 12.4. The Morgan fingerprint density at radius 3 is 2.50 bits per heavy atom. The van der Waals surface area contributed by atoms with Crippen molar-refractivity contribution in [2.75, 3.05) is 17.2 Å². The molecule has 0 aliphatic carbocycles. The van der Waals surface area contributed by atoms with Gasteiger partial charge in [-0.3, -0.25) is 9.35 Å². The van der Waals surface area contributed by atoms with E-state index >= 15 is 0 Å². The molecule has 1 saturated heterocycles. The van der Waals surface area contributed by atoms with E-state index in [2.05, 4.69) is 0 Å². The second-order valence-electron chi connectivity index (χ2n) is 4.06. The summed E-state index contributed by atoms with van der Waals surface area (Å²) in [5.41, 5.74) is 5.76. The standard InChI is InChI=1S/C10H12N2O5S/c11-8-3-6(1-2-9(8)18(15,16)17)12-5-7(13)4-10(12)14/h1-3,7,13H,4-5,11H2,(H,15,16,17). The zero-order chi connectivity index (χ0) is 13.5. The van der Waals surface area contributed by atoms with Crippen molar-refractivity contribution in [2.45, 2.75) is 17.4 Å². The largest absolute Gasteiger partial charge is 0.398 e. The lowest BCUT2D eigenvalue weighted by Gasteiger charge is -2.17. The van der Waals surface area contributed by atoms with Crippen LogP contribution in [0.5, 0.6) is 0 Å². The Hall–Kier alpha value is -1.64. The van der Waals surface area contributed by atoms with Gasteiger partial charge in [0.2, 0.25) is 5.91 Å². The highest BCUT2D eigenvalue weighted by Crippen LogP contribution is 2.27. The fourth-order valence-electron chi connectivity index (χ4n) is 1.88. The van der Waals surface area contributed by atoms with E-state index in [-0.39, 0.29) is 24.6 Å². The van der Waals surface area contributed by atoms with Crippen LogP contribution in [0.3, 0.4) is 0 Å². The molecule has 1 unspecified atom stereocenters. The normalized spacial score (nSPS) is 20.4. The zero-order valence-electron chi connectivity index (χ0n) is 9.28. The number of nitrogen functional groups attached to an aromatic ring is 1.